The van der Waals surface area contributed by atoms with Crippen molar-refractivity contribution < 1.29 is 10.2 Å². The van der Waals surface area contributed by atoms with Gasteiger partial charge >= 0.3 is 0 Å². The molecule has 3 N–H and O–H groups in total. The van der Waals surface area contributed by atoms with Crippen LogP contribution in [0.3, 0.4) is 0 Å². The summed E-state index contributed by atoms with van der Waals surface area (Å²) < 4.78 is 0. The second-order valence-electron chi connectivity index (χ2n) is 3.99. The van der Waals surface area contributed by atoms with Crippen LogP contribution in [-0.2, 0) is 0 Å². The van der Waals surface area contributed by atoms with Crippen LogP contribution in [0, 0.1) is 0 Å². The third-order valence-electron chi connectivity index (χ3n) is 2.68. The van der Waals surface area contributed by atoms with Gasteiger partial charge in [0, 0.05) is 19.1 Å². The first-order valence-electron chi connectivity index (χ1n) is 5.51. The summed E-state index contributed by atoms with van der Waals surface area (Å²) >= 11 is 0. The second-order valence-corrected chi connectivity index (χ2v) is 3.99. The minimum absolute atomic E-state index is 0.137. The lowest BCUT2D eigenvalue weighted by molar-refractivity contribution is 0.0485. The molecule has 2 atom stereocenters. The van der Waals surface area contributed by atoms with Crippen LogP contribution in [0.2, 0.25) is 0 Å². The van der Waals surface area contributed by atoms with Gasteiger partial charge in [-0.25, -0.2) is 0 Å². The molecule has 0 aromatic rings. The Morgan fingerprint density at radius 3 is 3.00 bits per heavy atom. The molecule has 0 aromatic carbocycles. The topological polar surface area (TPSA) is 55.7 Å². The van der Waals surface area contributed by atoms with E-state index >= 15 is 0 Å². The lowest BCUT2D eigenvalue weighted by Crippen LogP contribution is -2.48. The monoisotopic (exact) mass is 202 g/mol. The maximum Gasteiger partial charge on any atom is 0.0897 e. The van der Waals surface area contributed by atoms with Crippen LogP contribution in [-0.4, -0.2) is 60.0 Å². The zero-order valence-corrected chi connectivity index (χ0v) is 8.95. The normalized spacial score (nSPS) is 26.4. The first-order chi connectivity index (χ1) is 6.76. The van der Waals surface area contributed by atoms with E-state index in [1.54, 1.807) is 0 Å². The van der Waals surface area contributed by atoms with Crippen molar-refractivity contribution in [2.45, 2.75) is 31.9 Å². The van der Waals surface area contributed by atoms with Gasteiger partial charge in [0.05, 0.1) is 12.7 Å². The molecule has 1 saturated heterocycles. The zero-order valence-electron chi connectivity index (χ0n) is 8.95. The highest BCUT2D eigenvalue weighted by Crippen LogP contribution is 2.10. The van der Waals surface area contributed by atoms with Crippen molar-refractivity contribution in [2.24, 2.45) is 0 Å². The molecule has 2 unspecified atom stereocenters. The first-order valence-corrected chi connectivity index (χ1v) is 5.51. The van der Waals surface area contributed by atoms with E-state index < -0.39 is 6.10 Å². The van der Waals surface area contributed by atoms with E-state index in [2.05, 4.69) is 17.1 Å². The SMILES string of the molecule is CCNC1CCCN(CC(O)CO)C1. The summed E-state index contributed by atoms with van der Waals surface area (Å²) in [6.07, 6.45) is 1.81. The van der Waals surface area contributed by atoms with Crippen LogP contribution in [0.25, 0.3) is 0 Å². The van der Waals surface area contributed by atoms with Crippen molar-refractivity contribution >= 4 is 0 Å². The van der Waals surface area contributed by atoms with Gasteiger partial charge in [-0.15, -0.1) is 0 Å². The summed E-state index contributed by atoms with van der Waals surface area (Å²) in [5.74, 6) is 0. The highest BCUT2D eigenvalue weighted by atomic mass is 16.3. The van der Waals surface area contributed by atoms with Gasteiger partial charge in [-0.1, -0.05) is 6.92 Å². The molecule has 0 radical (unpaired) electrons. The van der Waals surface area contributed by atoms with Gasteiger partial charge in [-0.2, -0.15) is 0 Å². The highest BCUT2D eigenvalue weighted by Gasteiger charge is 2.20. The fourth-order valence-corrected chi connectivity index (χ4v) is 2.03. The van der Waals surface area contributed by atoms with E-state index in [1.807, 2.05) is 0 Å². The van der Waals surface area contributed by atoms with Crippen LogP contribution in [0.4, 0.5) is 0 Å². The molecular weight excluding hydrogens is 180 g/mol. The molecule has 0 spiro atoms. The molecule has 0 amide bonds. The van der Waals surface area contributed by atoms with Crippen LogP contribution >= 0.6 is 0 Å². The predicted octanol–water partition coefficient (Wildman–Crippen LogP) is -0.586. The largest absolute Gasteiger partial charge is 0.394 e. The number of likely N-dealkylation sites (tertiary alicyclic amines) is 1. The van der Waals surface area contributed by atoms with E-state index in [0.717, 1.165) is 19.6 Å². The van der Waals surface area contributed by atoms with Gasteiger partial charge in [0.1, 0.15) is 0 Å². The van der Waals surface area contributed by atoms with Gasteiger partial charge in [-0.3, -0.25) is 4.90 Å². The van der Waals surface area contributed by atoms with Crippen molar-refractivity contribution in [2.75, 3.05) is 32.8 Å². The summed E-state index contributed by atoms with van der Waals surface area (Å²) in [5, 5.41) is 21.5. The summed E-state index contributed by atoms with van der Waals surface area (Å²) in [4.78, 5) is 2.22. The molecule has 0 bridgehead atoms. The number of hydrogen-bond donors (Lipinski definition) is 3. The highest BCUT2D eigenvalue weighted by molar-refractivity contribution is 4.78. The molecule has 4 heteroatoms. The molecule has 1 fully saturated rings. The summed E-state index contributed by atoms with van der Waals surface area (Å²) in [5.41, 5.74) is 0. The van der Waals surface area contributed by atoms with E-state index in [9.17, 15) is 5.11 Å². The number of piperidine rings is 1. The molecule has 14 heavy (non-hydrogen) atoms. The molecule has 0 aromatic heterocycles. The van der Waals surface area contributed by atoms with Gasteiger partial charge in [-0.05, 0) is 25.9 Å². The molecule has 0 aliphatic carbocycles. The van der Waals surface area contributed by atoms with E-state index in [-0.39, 0.29) is 6.61 Å². The minimum Gasteiger partial charge on any atom is -0.394 e. The third kappa shape index (κ3) is 3.92. The van der Waals surface area contributed by atoms with Crippen molar-refractivity contribution in [3.8, 4) is 0 Å². The maximum atomic E-state index is 9.31. The number of nitrogens with one attached hydrogen (secondary N) is 1. The smallest absolute Gasteiger partial charge is 0.0897 e. The summed E-state index contributed by atoms with van der Waals surface area (Å²) in [7, 11) is 0. The number of aliphatic hydroxyl groups is 2. The number of rotatable bonds is 5. The average molecular weight is 202 g/mol. The summed E-state index contributed by atoms with van der Waals surface area (Å²) in [6, 6.07) is 0.555. The Balaban J connectivity index is 2.25. The van der Waals surface area contributed by atoms with E-state index in [4.69, 9.17) is 5.11 Å². The van der Waals surface area contributed by atoms with Crippen LogP contribution in [0.15, 0.2) is 0 Å². The van der Waals surface area contributed by atoms with Gasteiger partial charge in [0.2, 0.25) is 0 Å². The zero-order chi connectivity index (χ0) is 10.4. The Morgan fingerprint density at radius 2 is 2.36 bits per heavy atom. The van der Waals surface area contributed by atoms with Crippen LogP contribution in [0.1, 0.15) is 19.8 Å². The Bertz CT molecular complexity index is 153. The predicted molar refractivity (Wildman–Crippen MR) is 56.2 cm³/mol. The minimum atomic E-state index is -0.588. The fourth-order valence-electron chi connectivity index (χ4n) is 2.03. The molecule has 1 aliphatic rings. The fraction of sp³-hybridized carbons (Fsp3) is 1.00. The lowest BCUT2D eigenvalue weighted by Gasteiger charge is -2.33. The molecule has 84 valence electrons. The number of aliphatic hydroxyl groups excluding tert-OH is 2. The number of nitrogens with zero attached hydrogens (tertiary/aromatic N) is 1. The molecular formula is C10H22N2O2. The maximum absolute atomic E-state index is 9.31. The van der Waals surface area contributed by atoms with Crippen LogP contribution < -0.4 is 5.32 Å². The molecule has 1 aliphatic heterocycles. The van der Waals surface area contributed by atoms with Gasteiger partial charge < -0.3 is 15.5 Å². The van der Waals surface area contributed by atoms with Gasteiger partial charge in [0.15, 0.2) is 0 Å². The van der Waals surface area contributed by atoms with Crippen molar-refractivity contribution in [3.63, 3.8) is 0 Å². The molecule has 4 nitrogen and oxygen atoms in total. The summed E-state index contributed by atoms with van der Waals surface area (Å²) in [6.45, 7) is 5.60. The lowest BCUT2D eigenvalue weighted by atomic mass is 10.1. The van der Waals surface area contributed by atoms with Crippen LogP contribution in [0.5, 0.6) is 0 Å². The number of likely N-dealkylation sites (N-methyl/N-ethyl adjacent to an activating group) is 1. The van der Waals surface area contributed by atoms with Crippen molar-refractivity contribution in [3.05, 3.63) is 0 Å². The second kappa shape index (κ2) is 6.35. The van der Waals surface area contributed by atoms with Gasteiger partial charge in [0.25, 0.3) is 0 Å². The molecule has 0 saturated carbocycles. The Morgan fingerprint density at radius 1 is 1.57 bits per heavy atom. The Hall–Kier alpha value is -0.160. The molecule has 1 rings (SSSR count). The number of hydrogen-bond acceptors (Lipinski definition) is 4. The number of β-amino-alcohol motifs (C(OH)–C–C–N with tert-alkyl or cyclic N) is 1. The molecule has 1 heterocycles. The first kappa shape index (κ1) is 11.9. The van der Waals surface area contributed by atoms with E-state index in [1.165, 1.54) is 12.8 Å². The van der Waals surface area contributed by atoms with Crippen molar-refractivity contribution in [1.82, 2.24) is 10.2 Å². The quantitative estimate of drug-likeness (QED) is 0.558. The van der Waals surface area contributed by atoms with Crippen molar-refractivity contribution in [1.29, 1.82) is 0 Å². The standard InChI is InChI=1S/C10H22N2O2/c1-2-11-9-4-3-5-12(6-9)7-10(14)8-13/h9-11,13-14H,2-8H2,1H3. The third-order valence-corrected chi connectivity index (χ3v) is 2.68. The average Bonchev–Trinajstić information content (AvgIpc) is 2.19. The van der Waals surface area contributed by atoms with E-state index in [0.29, 0.717) is 12.6 Å². The Labute approximate surface area is 85.9 Å². The Kier molecular flexibility index (Phi) is 5.40.